The van der Waals surface area contributed by atoms with Crippen LogP contribution < -0.4 is 11.5 Å². The van der Waals surface area contributed by atoms with E-state index in [2.05, 4.69) is 22.6 Å². The third-order valence-corrected chi connectivity index (χ3v) is 2.08. The monoisotopic (exact) mass is 216 g/mol. The number of nitrogens with two attached hydrogens (primary N) is 2. The van der Waals surface area contributed by atoms with Crippen LogP contribution in [0, 0.1) is 0 Å². The van der Waals surface area contributed by atoms with Crippen molar-refractivity contribution in [2.24, 2.45) is 0 Å². The van der Waals surface area contributed by atoms with Crippen LogP contribution in [0.3, 0.4) is 0 Å². The maximum Gasteiger partial charge on any atom is 0.166 e. The molecule has 2 atom stereocenters. The van der Waals surface area contributed by atoms with Crippen molar-refractivity contribution in [3.8, 4) is 0 Å². The Labute approximate surface area is 86.4 Å². The van der Waals surface area contributed by atoms with Gasteiger partial charge in [0.05, 0.1) is 18.0 Å². The molecule has 0 aromatic carbocycles. The summed E-state index contributed by atoms with van der Waals surface area (Å²) in [6, 6.07) is 0. The highest BCUT2D eigenvalue weighted by Crippen LogP contribution is 2.17. The fraction of sp³-hybridized carbons (Fsp3) is 0.429. The third-order valence-electron chi connectivity index (χ3n) is 1.70. The molecule has 78 valence electrons. The molecule has 6 N–H and O–H groups in total. The Bertz CT molecular complexity index is 323. The predicted octanol–water partition coefficient (Wildman–Crippen LogP) is -1.03. The molecule has 0 saturated heterocycles. The number of rotatable bonds is 3. The zero-order valence-electron chi connectivity index (χ0n) is 7.33. The van der Waals surface area contributed by atoms with Crippen LogP contribution in [-0.2, 0) is 0 Å². The Kier molecular flexibility index (Phi) is 3.50. The maximum absolute atomic E-state index is 9.51. The Morgan fingerprint density at radius 3 is 2.50 bits per heavy atom. The van der Waals surface area contributed by atoms with Gasteiger partial charge in [-0.05, 0) is 0 Å². The van der Waals surface area contributed by atoms with Gasteiger partial charge in [-0.2, -0.15) is 12.6 Å². The van der Waals surface area contributed by atoms with E-state index in [9.17, 15) is 10.2 Å². The minimum absolute atomic E-state index is 0.0351. The van der Waals surface area contributed by atoms with Crippen molar-refractivity contribution in [2.75, 3.05) is 17.2 Å². The van der Waals surface area contributed by atoms with Crippen molar-refractivity contribution >= 4 is 24.3 Å². The molecule has 0 saturated carbocycles. The average Bonchev–Trinajstić information content (AvgIpc) is 2.20. The number of thiol groups is 1. The number of aromatic nitrogens is 2. The van der Waals surface area contributed by atoms with Crippen molar-refractivity contribution in [1.29, 1.82) is 0 Å². The normalized spacial score (nSPS) is 15.1. The quantitative estimate of drug-likeness (QED) is 0.412. The first-order chi connectivity index (χ1) is 6.56. The van der Waals surface area contributed by atoms with E-state index in [0.717, 1.165) is 0 Å². The van der Waals surface area contributed by atoms with Gasteiger partial charge < -0.3 is 21.7 Å². The summed E-state index contributed by atoms with van der Waals surface area (Å²) < 4.78 is 0. The van der Waals surface area contributed by atoms with Crippen molar-refractivity contribution < 1.29 is 10.2 Å². The van der Waals surface area contributed by atoms with E-state index in [-0.39, 0.29) is 23.1 Å². The second-order valence-corrected chi connectivity index (χ2v) is 3.13. The second kappa shape index (κ2) is 4.45. The molecule has 0 radical (unpaired) electrons. The molecule has 1 heterocycles. The van der Waals surface area contributed by atoms with E-state index >= 15 is 0 Å². The van der Waals surface area contributed by atoms with Crippen molar-refractivity contribution in [2.45, 2.75) is 12.2 Å². The van der Waals surface area contributed by atoms with Crippen LogP contribution in [0.25, 0.3) is 0 Å². The van der Waals surface area contributed by atoms with Crippen LogP contribution in [0.2, 0.25) is 0 Å². The van der Waals surface area contributed by atoms with Crippen molar-refractivity contribution in [1.82, 2.24) is 9.97 Å². The standard InChI is InChI=1S/C7H12N4O2S/c8-6-7(9)11-3(1-10-6)5(13)4(12)2-14/h1,4-5,12-14H,2H2,(H2,8,10)(H2,9,11). The smallest absolute Gasteiger partial charge is 0.166 e. The number of aliphatic hydroxyl groups excluding tert-OH is 2. The molecule has 14 heavy (non-hydrogen) atoms. The summed E-state index contributed by atoms with van der Waals surface area (Å²) in [5, 5.41) is 18.8. The Hall–Kier alpha value is -1.05. The van der Waals surface area contributed by atoms with Gasteiger partial charge in [0.2, 0.25) is 0 Å². The summed E-state index contributed by atoms with van der Waals surface area (Å²) in [7, 11) is 0. The van der Waals surface area contributed by atoms with Gasteiger partial charge in [-0.3, -0.25) is 0 Å². The summed E-state index contributed by atoms with van der Waals surface area (Å²) in [4.78, 5) is 7.50. The molecular weight excluding hydrogens is 204 g/mol. The van der Waals surface area contributed by atoms with Gasteiger partial charge >= 0.3 is 0 Å². The molecule has 0 aliphatic carbocycles. The lowest BCUT2D eigenvalue weighted by Crippen LogP contribution is -2.21. The molecule has 1 aromatic rings. The van der Waals surface area contributed by atoms with Gasteiger partial charge in [-0.1, -0.05) is 0 Å². The zero-order chi connectivity index (χ0) is 10.7. The Morgan fingerprint density at radius 1 is 1.36 bits per heavy atom. The van der Waals surface area contributed by atoms with E-state index in [1.165, 1.54) is 6.20 Å². The molecule has 0 fully saturated rings. The number of aliphatic hydroxyl groups is 2. The first-order valence-electron chi connectivity index (χ1n) is 3.91. The van der Waals surface area contributed by atoms with Crippen LogP contribution in [0.5, 0.6) is 0 Å². The van der Waals surface area contributed by atoms with E-state index in [1.54, 1.807) is 0 Å². The lowest BCUT2D eigenvalue weighted by Gasteiger charge is -2.15. The first-order valence-corrected chi connectivity index (χ1v) is 4.54. The van der Waals surface area contributed by atoms with Gasteiger partial charge in [-0.15, -0.1) is 0 Å². The topological polar surface area (TPSA) is 118 Å². The number of anilines is 2. The highest BCUT2D eigenvalue weighted by atomic mass is 32.1. The lowest BCUT2D eigenvalue weighted by molar-refractivity contribution is 0.0309. The Balaban J connectivity index is 2.91. The molecular formula is C7H12N4O2S. The maximum atomic E-state index is 9.51. The van der Waals surface area contributed by atoms with Crippen LogP contribution in [0.15, 0.2) is 6.20 Å². The van der Waals surface area contributed by atoms with E-state index in [4.69, 9.17) is 11.5 Å². The fourth-order valence-electron chi connectivity index (χ4n) is 0.867. The summed E-state index contributed by atoms with van der Waals surface area (Å²) in [5.74, 6) is 0.252. The minimum atomic E-state index is -1.15. The SMILES string of the molecule is Nc1ncc(C(O)C(O)CS)nc1N. The van der Waals surface area contributed by atoms with Crippen LogP contribution in [-0.4, -0.2) is 32.0 Å². The van der Waals surface area contributed by atoms with Gasteiger partial charge in [0, 0.05) is 5.75 Å². The Morgan fingerprint density at radius 2 is 2.00 bits per heavy atom. The third kappa shape index (κ3) is 2.25. The second-order valence-electron chi connectivity index (χ2n) is 2.76. The van der Waals surface area contributed by atoms with Crippen molar-refractivity contribution in [3.63, 3.8) is 0 Å². The van der Waals surface area contributed by atoms with E-state index < -0.39 is 12.2 Å². The van der Waals surface area contributed by atoms with Crippen LogP contribution >= 0.6 is 12.6 Å². The predicted molar refractivity (Wildman–Crippen MR) is 55.7 cm³/mol. The molecule has 1 aromatic heterocycles. The number of hydrogen-bond donors (Lipinski definition) is 5. The van der Waals surface area contributed by atoms with Gasteiger partial charge in [-0.25, -0.2) is 9.97 Å². The summed E-state index contributed by atoms with van der Waals surface area (Å²) in [5.41, 5.74) is 10.9. The lowest BCUT2D eigenvalue weighted by atomic mass is 10.2. The first kappa shape index (κ1) is 11.0. The zero-order valence-corrected chi connectivity index (χ0v) is 8.22. The highest BCUT2D eigenvalue weighted by Gasteiger charge is 2.19. The number of nitrogens with zero attached hydrogens (tertiary/aromatic N) is 2. The highest BCUT2D eigenvalue weighted by molar-refractivity contribution is 7.80. The summed E-state index contributed by atoms with van der Waals surface area (Å²) >= 11 is 3.84. The van der Waals surface area contributed by atoms with Crippen molar-refractivity contribution in [3.05, 3.63) is 11.9 Å². The largest absolute Gasteiger partial charge is 0.389 e. The average molecular weight is 216 g/mol. The molecule has 0 aliphatic rings. The molecule has 2 unspecified atom stereocenters. The summed E-state index contributed by atoms with van der Waals surface area (Å²) in [6.45, 7) is 0. The molecule has 0 amide bonds. The van der Waals surface area contributed by atoms with Gasteiger partial charge in [0.25, 0.3) is 0 Å². The fourth-order valence-corrected chi connectivity index (χ4v) is 1.07. The van der Waals surface area contributed by atoms with E-state index in [1.807, 2.05) is 0 Å². The molecule has 1 rings (SSSR count). The van der Waals surface area contributed by atoms with Gasteiger partial charge in [0.1, 0.15) is 6.10 Å². The molecule has 6 nitrogen and oxygen atoms in total. The number of hydrogen-bond acceptors (Lipinski definition) is 7. The molecule has 0 spiro atoms. The van der Waals surface area contributed by atoms with Crippen LogP contribution in [0.4, 0.5) is 11.6 Å². The minimum Gasteiger partial charge on any atom is -0.389 e. The molecule has 0 bridgehead atoms. The number of nitrogen functional groups attached to an aromatic ring is 2. The summed E-state index contributed by atoms with van der Waals surface area (Å²) in [6.07, 6.45) is -0.887. The van der Waals surface area contributed by atoms with Crippen LogP contribution in [0.1, 0.15) is 11.8 Å². The molecule has 7 heteroatoms. The van der Waals surface area contributed by atoms with E-state index in [0.29, 0.717) is 0 Å². The van der Waals surface area contributed by atoms with Gasteiger partial charge in [0.15, 0.2) is 11.6 Å². The molecule has 0 aliphatic heterocycles.